The van der Waals surface area contributed by atoms with E-state index in [9.17, 15) is 12.8 Å². The van der Waals surface area contributed by atoms with Crippen LogP contribution >= 0.6 is 10.7 Å². The van der Waals surface area contributed by atoms with Crippen molar-refractivity contribution in [3.05, 3.63) is 42.9 Å². The number of aryl methyl sites for hydroxylation is 1. The summed E-state index contributed by atoms with van der Waals surface area (Å²) in [6.07, 6.45) is 7.18. The first-order chi connectivity index (χ1) is 9.95. The van der Waals surface area contributed by atoms with Crippen LogP contribution in [0.1, 0.15) is 25.7 Å². The van der Waals surface area contributed by atoms with E-state index in [4.69, 9.17) is 10.7 Å². The molecule has 0 saturated heterocycles. The summed E-state index contributed by atoms with van der Waals surface area (Å²) in [5, 5.41) is 0.0681. The molecule has 0 saturated carbocycles. The third-order valence-electron chi connectivity index (χ3n) is 3.39. The van der Waals surface area contributed by atoms with Gasteiger partial charge in [0.1, 0.15) is 10.7 Å². The molecule has 1 aromatic carbocycles. The molecule has 1 aromatic heterocycles. The van der Waals surface area contributed by atoms with Gasteiger partial charge < -0.3 is 4.57 Å². The number of fused-ring (bicyclic) bond motifs is 1. The molecule has 21 heavy (non-hydrogen) atoms. The maximum atomic E-state index is 13.9. The molecular formula is C15H17ClFNO2S. The second-order valence-corrected chi connectivity index (χ2v) is 7.43. The highest BCUT2D eigenvalue weighted by atomic mass is 35.7. The summed E-state index contributed by atoms with van der Waals surface area (Å²) in [6.45, 7) is 4.30. The molecule has 0 radical (unpaired) electrons. The summed E-state index contributed by atoms with van der Waals surface area (Å²) in [4.78, 5) is -0.164. The Morgan fingerprint density at radius 1 is 1.29 bits per heavy atom. The molecule has 114 valence electrons. The Hall–Kier alpha value is -1.33. The zero-order valence-corrected chi connectivity index (χ0v) is 13.1. The molecule has 3 nitrogen and oxygen atoms in total. The first-order valence-corrected chi connectivity index (χ1v) is 9.09. The van der Waals surface area contributed by atoms with Gasteiger partial charge in [0.15, 0.2) is 0 Å². The van der Waals surface area contributed by atoms with Crippen molar-refractivity contribution in [3.8, 4) is 0 Å². The topological polar surface area (TPSA) is 39.1 Å². The molecule has 0 bridgehead atoms. The van der Waals surface area contributed by atoms with Gasteiger partial charge in [-0.15, -0.1) is 6.58 Å². The Bertz CT molecular complexity index is 752. The lowest BCUT2D eigenvalue weighted by atomic mass is 10.2. The van der Waals surface area contributed by atoms with Crippen LogP contribution in [-0.2, 0) is 15.6 Å². The molecule has 0 unspecified atom stereocenters. The van der Waals surface area contributed by atoms with Crippen molar-refractivity contribution in [2.45, 2.75) is 37.1 Å². The van der Waals surface area contributed by atoms with Gasteiger partial charge >= 0.3 is 0 Å². The van der Waals surface area contributed by atoms with Crippen LogP contribution in [0, 0.1) is 5.82 Å². The van der Waals surface area contributed by atoms with Crippen LogP contribution in [-0.4, -0.2) is 13.0 Å². The van der Waals surface area contributed by atoms with Crippen LogP contribution in [0.4, 0.5) is 4.39 Å². The molecule has 0 spiro atoms. The second-order valence-electron chi connectivity index (χ2n) is 4.90. The fraction of sp³-hybridized carbons (Fsp3) is 0.333. The number of halogens is 2. The number of nitrogens with zero attached hydrogens (tertiary/aromatic N) is 1. The number of aromatic nitrogens is 1. The van der Waals surface area contributed by atoms with Gasteiger partial charge in [-0.05, 0) is 31.4 Å². The molecule has 0 amide bonds. The highest BCUT2D eigenvalue weighted by molar-refractivity contribution is 8.14. The fourth-order valence-electron chi connectivity index (χ4n) is 2.39. The molecule has 0 atom stereocenters. The third-order valence-corrected chi connectivity index (χ3v) is 4.72. The lowest BCUT2D eigenvalue weighted by Crippen LogP contribution is -1.96. The summed E-state index contributed by atoms with van der Waals surface area (Å²) in [5.74, 6) is -0.572. The number of hydrogen-bond donors (Lipinski definition) is 0. The third kappa shape index (κ3) is 3.66. The van der Waals surface area contributed by atoms with Gasteiger partial charge in [0.25, 0.3) is 9.05 Å². The summed E-state index contributed by atoms with van der Waals surface area (Å²) in [6, 6.07) is 4.51. The van der Waals surface area contributed by atoms with Gasteiger partial charge in [-0.25, -0.2) is 12.8 Å². The highest BCUT2D eigenvalue weighted by Crippen LogP contribution is 2.30. The van der Waals surface area contributed by atoms with Gasteiger partial charge in [-0.1, -0.05) is 18.6 Å². The van der Waals surface area contributed by atoms with E-state index in [-0.39, 0.29) is 10.3 Å². The molecule has 0 aliphatic rings. The van der Waals surface area contributed by atoms with Crippen molar-refractivity contribution in [1.29, 1.82) is 0 Å². The van der Waals surface area contributed by atoms with Crippen molar-refractivity contribution in [2.75, 3.05) is 0 Å². The van der Waals surface area contributed by atoms with E-state index in [2.05, 4.69) is 6.58 Å². The summed E-state index contributed by atoms with van der Waals surface area (Å²) in [7, 11) is 1.43. The normalized spacial score (nSPS) is 11.9. The summed E-state index contributed by atoms with van der Waals surface area (Å²) >= 11 is 0. The predicted octanol–water partition coefficient (Wildman–Crippen LogP) is 4.45. The zero-order chi connectivity index (χ0) is 15.5. The van der Waals surface area contributed by atoms with E-state index < -0.39 is 14.9 Å². The molecule has 0 aliphatic carbocycles. The first-order valence-electron chi connectivity index (χ1n) is 6.78. The average Bonchev–Trinajstić information content (AvgIpc) is 2.79. The summed E-state index contributed by atoms with van der Waals surface area (Å²) in [5.41, 5.74) is 0.554. The number of rotatable bonds is 7. The van der Waals surface area contributed by atoms with Crippen molar-refractivity contribution in [1.82, 2.24) is 4.57 Å². The maximum absolute atomic E-state index is 13.9. The van der Waals surface area contributed by atoms with Gasteiger partial charge in [0.2, 0.25) is 0 Å². The highest BCUT2D eigenvalue weighted by Gasteiger charge is 2.21. The van der Waals surface area contributed by atoms with Crippen LogP contribution in [0.3, 0.4) is 0 Å². The van der Waals surface area contributed by atoms with Crippen molar-refractivity contribution in [3.63, 3.8) is 0 Å². The molecule has 0 fully saturated rings. The smallest absolute Gasteiger partial charge is 0.263 e. The molecular weight excluding hydrogens is 313 g/mol. The van der Waals surface area contributed by atoms with Gasteiger partial charge in [-0.3, -0.25) is 0 Å². The van der Waals surface area contributed by atoms with Gasteiger partial charge in [-0.2, -0.15) is 0 Å². The maximum Gasteiger partial charge on any atom is 0.263 e. The fourth-order valence-corrected chi connectivity index (χ4v) is 3.44. The molecule has 1 heterocycles. The van der Waals surface area contributed by atoms with E-state index in [1.807, 2.05) is 6.08 Å². The number of allylic oxidation sites excluding steroid dienone is 1. The van der Waals surface area contributed by atoms with E-state index in [1.165, 1.54) is 12.3 Å². The van der Waals surface area contributed by atoms with Crippen LogP contribution in [0.25, 0.3) is 10.9 Å². The lowest BCUT2D eigenvalue weighted by molar-refractivity contribution is 0.597. The largest absolute Gasteiger partial charge is 0.346 e. The Morgan fingerprint density at radius 2 is 2.05 bits per heavy atom. The van der Waals surface area contributed by atoms with E-state index >= 15 is 0 Å². The Kier molecular flexibility index (Phi) is 5.06. The minimum absolute atomic E-state index is 0.0681. The van der Waals surface area contributed by atoms with E-state index in [0.29, 0.717) is 12.1 Å². The van der Waals surface area contributed by atoms with E-state index in [1.54, 1.807) is 16.7 Å². The molecule has 0 N–H and O–H groups in total. The Morgan fingerprint density at radius 3 is 2.71 bits per heavy atom. The number of benzene rings is 1. The molecule has 2 rings (SSSR count). The van der Waals surface area contributed by atoms with Crippen molar-refractivity contribution < 1.29 is 12.8 Å². The lowest BCUT2D eigenvalue weighted by Gasteiger charge is -2.04. The quantitative estimate of drug-likeness (QED) is 0.427. The SMILES string of the molecule is C=CCCCCCn1cc(S(=O)(=O)Cl)c2c(F)cccc21. The minimum Gasteiger partial charge on any atom is -0.346 e. The van der Waals surface area contributed by atoms with Gasteiger partial charge in [0, 0.05) is 23.4 Å². The molecule has 0 aliphatic heterocycles. The molecule has 6 heteroatoms. The second kappa shape index (κ2) is 6.62. The van der Waals surface area contributed by atoms with Crippen LogP contribution in [0.5, 0.6) is 0 Å². The Labute approximate surface area is 128 Å². The predicted molar refractivity (Wildman–Crippen MR) is 83.6 cm³/mol. The minimum atomic E-state index is -3.97. The van der Waals surface area contributed by atoms with Crippen LogP contribution in [0.2, 0.25) is 0 Å². The number of unbranched alkanes of at least 4 members (excludes halogenated alkanes) is 3. The van der Waals surface area contributed by atoms with Crippen LogP contribution in [0.15, 0.2) is 41.9 Å². The number of hydrogen-bond acceptors (Lipinski definition) is 2. The van der Waals surface area contributed by atoms with Gasteiger partial charge in [0.05, 0.1) is 10.9 Å². The van der Waals surface area contributed by atoms with E-state index in [0.717, 1.165) is 25.7 Å². The van der Waals surface area contributed by atoms with Crippen LogP contribution < -0.4 is 0 Å². The zero-order valence-electron chi connectivity index (χ0n) is 11.6. The average molecular weight is 330 g/mol. The first kappa shape index (κ1) is 16.0. The monoisotopic (exact) mass is 329 g/mol. The summed E-state index contributed by atoms with van der Waals surface area (Å²) < 4.78 is 38.9. The van der Waals surface area contributed by atoms with Crippen molar-refractivity contribution in [2.24, 2.45) is 0 Å². The Balaban J connectivity index is 2.33. The molecule has 2 aromatic rings. The standard InChI is InChI=1S/C15H17ClFNO2S/c1-2-3-4-5-6-10-18-11-14(21(16,19)20)15-12(17)8-7-9-13(15)18/h2,7-9,11H,1,3-6,10H2. The van der Waals surface area contributed by atoms with Crippen molar-refractivity contribution >= 4 is 30.6 Å².